The number of hydrogen-bond acceptors (Lipinski definition) is 6. The maximum atomic E-state index is 13.7. The third kappa shape index (κ3) is 5.19. The Labute approximate surface area is 202 Å². The zero-order valence-electron chi connectivity index (χ0n) is 20.1. The summed E-state index contributed by atoms with van der Waals surface area (Å²) in [5.74, 6) is 0.660. The number of benzene rings is 2. The average molecular weight is 484 g/mol. The van der Waals surface area contributed by atoms with Gasteiger partial charge in [-0.15, -0.1) is 0 Å². The van der Waals surface area contributed by atoms with Gasteiger partial charge in [-0.3, -0.25) is 0 Å². The van der Waals surface area contributed by atoms with E-state index in [9.17, 15) is 8.42 Å². The second kappa shape index (κ2) is 10.7. The van der Waals surface area contributed by atoms with Gasteiger partial charge >= 0.3 is 0 Å². The highest BCUT2D eigenvalue weighted by Gasteiger charge is 2.32. The Hall–Kier alpha value is -2.68. The van der Waals surface area contributed by atoms with Crippen LogP contribution in [-0.2, 0) is 21.3 Å². The van der Waals surface area contributed by atoms with Crippen LogP contribution in [0.4, 0.5) is 5.88 Å². The molecule has 1 aliphatic rings. The van der Waals surface area contributed by atoms with Gasteiger partial charge in [0, 0.05) is 38.3 Å². The van der Waals surface area contributed by atoms with Crippen LogP contribution in [0.15, 0.2) is 64.0 Å². The quantitative estimate of drug-likeness (QED) is 0.432. The van der Waals surface area contributed by atoms with Gasteiger partial charge in [0.15, 0.2) is 0 Å². The van der Waals surface area contributed by atoms with Gasteiger partial charge in [0.2, 0.25) is 15.9 Å². The number of sulfonamides is 1. The molecule has 1 atom stereocenters. The predicted molar refractivity (Wildman–Crippen MR) is 133 cm³/mol. The fourth-order valence-corrected chi connectivity index (χ4v) is 5.80. The zero-order chi connectivity index (χ0) is 24.1. The smallest absolute Gasteiger partial charge is 0.243 e. The first kappa shape index (κ1) is 24.4. The Morgan fingerprint density at radius 1 is 1.12 bits per heavy atom. The molecule has 1 saturated heterocycles. The third-order valence-electron chi connectivity index (χ3n) is 6.42. The van der Waals surface area contributed by atoms with Gasteiger partial charge in [-0.1, -0.05) is 53.2 Å². The first-order valence-corrected chi connectivity index (χ1v) is 13.2. The van der Waals surface area contributed by atoms with Crippen molar-refractivity contribution < 1.29 is 17.7 Å². The lowest BCUT2D eigenvalue weighted by atomic mass is 10.0. The molecule has 34 heavy (non-hydrogen) atoms. The Balaban J connectivity index is 1.78. The fraction of sp³-hybridized carbons (Fsp3) is 0.423. The second-order valence-electron chi connectivity index (χ2n) is 8.86. The minimum atomic E-state index is -3.76. The Bertz CT molecular complexity index is 1180. The predicted octanol–water partition coefficient (Wildman–Crippen LogP) is 4.87. The third-order valence-corrected chi connectivity index (χ3v) is 8.28. The summed E-state index contributed by atoms with van der Waals surface area (Å²) in [5.41, 5.74) is 3.37. The van der Waals surface area contributed by atoms with Gasteiger partial charge in [-0.25, -0.2) is 8.42 Å². The lowest BCUT2D eigenvalue weighted by molar-refractivity contribution is 0.177. The maximum absolute atomic E-state index is 13.7. The molecule has 0 radical (unpaired) electrons. The van der Waals surface area contributed by atoms with E-state index in [0.717, 1.165) is 36.1 Å². The van der Waals surface area contributed by atoms with E-state index in [-0.39, 0.29) is 24.6 Å². The van der Waals surface area contributed by atoms with Crippen molar-refractivity contribution in [2.75, 3.05) is 31.7 Å². The lowest BCUT2D eigenvalue weighted by Crippen LogP contribution is -2.39. The number of hydrogen-bond donors (Lipinski definition) is 0. The summed E-state index contributed by atoms with van der Waals surface area (Å²) in [5, 5.41) is 4.43. The lowest BCUT2D eigenvalue weighted by Gasteiger charge is -2.34. The van der Waals surface area contributed by atoms with Crippen LogP contribution in [0.3, 0.4) is 0 Å². The topological polar surface area (TPSA) is 75.9 Å². The minimum Gasteiger partial charge on any atom is -0.383 e. The van der Waals surface area contributed by atoms with E-state index in [1.54, 1.807) is 19.2 Å². The molecule has 0 amide bonds. The van der Waals surface area contributed by atoms with Gasteiger partial charge < -0.3 is 14.2 Å². The van der Waals surface area contributed by atoms with Crippen molar-refractivity contribution in [2.24, 2.45) is 0 Å². The molecule has 0 spiro atoms. The molecule has 2 heterocycles. The molecule has 4 rings (SSSR count). The van der Waals surface area contributed by atoms with Crippen LogP contribution < -0.4 is 4.90 Å². The summed E-state index contributed by atoms with van der Waals surface area (Å²) in [6, 6.07) is 17.0. The number of piperidine rings is 1. The van der Waals surface area contributed by atoms with Crippen molar-refractivity contribution in [3.8, 4) is 11.3 Å². The molecular formula is C26H33N3O4S. The summed E-state index contributed by atoms with van der Waals surface area (Å²) in [6.07, 6.45) is 3.31. The standard InChI is InChI=1S/C26H33N3O4S/c1-20-12-14-23(15-13-20)34(30,31)28(17-18-32-3)19-24-25(22-10-5-4-6-11-22)27-33-26(24)29-16-8-7-9-21(29)2/h4-6,10-15,21H,7-9,16-19H2,1-3H3. The van der Waals surface area contributed by atoms with E-state index in [1.165, 1.54) is 10.7 Å². The highest BCUT2D eigenvalue weighted by atomic mass is 32.2. The first-order chi connectivity index (χ1) is 16.4. The van der Waals surface area contributed by atoms with Crippen molar-refractivity contribution in [3.05, 3.63) is 65.7 Å². The Morgan fingerprint density at radius 2 is 1.85 bits per heavy atom. The molecule has 1 fully saturated rings. The highest BCUT2D eigenvalue weighted by Crippen LogP contribution is 2.36. The summed E-state index contributed by atoms with van der Waals surface area (Å²) in [7, 11) is -2.19. The molecule has 182 valence electrons. The van der Waals surface area contributed by atoms with Gasteiger partial charge in [0.05, 0.1) is 17.1 Å². The summed E-state index contributed by atoms with van der Waals surface area (Å²) in [6.45, 7) is 5.63. The zero-order valence-corrected chi connectivity index (χ0v) is 20.9. The first-order valence-electron chi connectivity index (χ1n) is 11.8. The van der Waals surface area contributed by atoms with E-state index in [0.29, 0.717) is 17.6 Å². The molecule has 1 unspecified atom stereocenters. The SMILES string of the molecule is COCCN(Cc1c(-c2ccccc2)noc1N1CCCCC1C)S(=O)(=O)c1ccc(C)cc1. The van der Waals surface area contributed by atoms with E-state index >= 15 is 0 Å². The average Bonchev–Trinajstić information content (AvgIpc) is 3.26. The highest BCUT2D eigenvalue weighted by molar-refractivity contribution is 7.89. The number of nitrogens with zero attached hydrogens (tertiary/aromatic N) is 3. The van der Waals surface area contributed by atoms with Gasteiger partial charge in [0.25, 0.3) is 0 Å². The maximum Gasteiger partial charge on any atom is 0.243 e. The summed E-state index contributed by atoms with van der Waals surface area (Å²) < 4.78 is 40.0. The van der Waals surface area contributed by atoms with Crippen molar-refractivity contribution in [1.82, 2.24) is 9.46 Å². The van der Waals surface area contributed by atoms with Crippen molar-refractivity contribution in [1.29, 1.82) is 0 Å². The van der Waals surface area contributed by atoms with E-state index in [2.05, 4.69) is 17.0 Å². The molecular weight excluding hydrogens is 450 g/mol. The van der Waals surface area contributed by atoms with Crippen LogP contribution in [-0.4, -0.2) is 50.7 Å². The molecule has 2 aromatic carbocycles. The van der Waals surface area contributed by atoms with Crippen LogP contribution in [0.1, 0.15) is 37.3 Å². The molecule has 0 bridgehead atoms. The molecule has 8 heteroatoms. The van der Waals surface area contributed by atoms with Crippen LogP contribution in [0, 0.1) is 6.92 Å². The van der Waals surface area contributed by atoms with Crippen molar-refractivity contribution >= 4 is 15.9 Å². The normalized spacial score (nSPS) is 16.8. The number of aryl methyl sites for hydroxylation is 1. The number of ether oxygens (including phenoxy) is 1. The summed E-state index contributed by atoms with van der Waals surface area (Å²) >= 11 is 0. The van der Waals surface area contributed by atoms with Gasteiger partial charge in [-0.2, -0.15) is 4.31 Å². The number of anilines is 1. The van der Waals surface area contributed by atoms with Crippen LogP contribution in [0.25, 0.3) is 11.3 Å². The molecule has 1 aliphatic heterocycles. The number of rotatable bonds is 9. The Morgan fingerprint density at radius 3 is 2.53 bits per heavy atom. The Kier molecular flexibility index (Phi) is 7.70. The van der Waals surface area contributed by atoms with Crippen molar-refractivity contribution in [3.63, 3.8) is 0 Å². The largest absolute Gasteiger partial charge is 0.383 e. The molecule has 7 nitrogen and oxygen atoms in total. The fourth-order valence-electron chi connectivity index (χ4n) is 4.40. The molecule has 0 aliphatic carbocycles. The molecule has 0 saturated carbocycles. The van der Waals surface area contributed by atoms with E-state index < -0.39 is 10.0 Å². The second-order valence-corrected chi connectivity index (χ2v) is 10.8. The van der Waals surface area contributed by atoms with E-state index in [1.807, 2.05) is 49.4 Å². The number of methoxy groups -OCH3 is 1. The molecule has 3 aromatic rings. The minimum absolute atomic E-state index is 0.145. The van der Waals surface area contributed by atoms with Crippen LogP contribution >= 0.6 is 0 Å². The van der Waals surface area contributed by atoms with Gasteiger partial charge in [0.1, 0.15) is 5.69 Å². The summed E-state index contributed by atoms with van der Waals surface area (Å²) in [4.78, 5) is 2.49. The van der Waals surface area contributed by atoms with Gasteiger partial charge in [-0.05, 0) is 45.2 Å². The van der Waals surface area contributed by atoms with Crippen LogP contribution in [0.5, 0.6) is 0 Å². The number of aromatic nitrogens is 1. The van der Waals surface area contributed by atoms with E-state index in [4.69, 9.17) is 9.26 Å². The molecule has 1 aromatic heterocycles. The van der Waals surface area contributed by atoms with Crippen molar-refractivity contribution in [2.45, 2.75) is 50.6 Å². The van der Waals surface area contributed by atoms with Crippen LogP contribution in [0.2, 0.25) is 0 Å². The monoisotopic (exact) mass is 483 g/mol. The molecule has 0 N–H and O–H groups in total.